The number of rotatable bonds is 5. The molecule has 9 heteroatoms. The predicted octanol–water partition coefficient (Wildman–Crippen LogP) is 3.27. The van der Waals surface area contributed by atoms with Gasteiger partial charge in [-0.3, -0.25) is 9.69 Å². The predicted molar refractivity (Wildman–Crippen MR) is 109 cm³/mol. The number of halogens is 2. The van der Waals surface area contributed by atoms with Crippen molar-refractivity contribution >= 4 is 46.2 Å². The topological polar surface area (TPSA) is 63.5 Å². The van der Waals surface area contributed by atoms with Gasteiger partial charge in [-0.15, -0.1) is 0 Å². The van der Waals surface area contributed by atoms with E-state index in [2.05, 4.69) is 19.9 Å². The standard InChI is InChI=1S/C19H19Cl2N5O2/c1-28-16-11-13(4-5-15(16)20)24-7-9-25(10-8-24)17(12-27)26-19-14(18(21)23-26)3-2-6-22-19/h2-6,11-12,17H,7-10H2,1H3. The molecule has 1 fully saturated rings. The van der Waals surface area contributed by atoms with Gasteiger partial charge in [0.2, 0.25) is 0 Å². The molecule has 0 spiro atoms. The first-order valence-electron chi connectivity index (χ1n) is 8.89. The van der Waals surface area contributed by atoms with Crippen LogP contribution < -0.4 is 9.64 Å². The van der Waals surface area contributed by atoms with Crippen molar-refractivity contribution in [1.82, 2.24) is 19.7 Å². The highest BCUT2D eigenvalue weighted by atomic mass is 35.5. The average molecular weight is 420 g/mol. The zero-order valence-electron chi connectivity index (χ0n) is 15.3. The summed E-state index contributed by atoms with van der Waals surface area (Å²) in [5.74, 6) is 0.649. The van der Waals surface area contributed by atoms with Gasteiger partial charge in [0.15, 0.2) is 23.3 Å². The summed E-state index contributed by atoms with van der Waals surface area (Å²) < 4.78 is 6.91. The van der Waals surface area contributed by atoms with Crippen molar-refractivity contribution in [1.29, 1.82) is 0 Å². The second kappa shape index (κ2) is 7.95. The number of nitrogens with zero attached hydrogens (tertiary/aromatic N) is 5. The van der Waals surface area contributed by atoms with Crippen LogP contribution in [0, 0.1) is 0 Å². The number of ether oxygens (including phenoxy) is 1. The fraction of sp³-hybridized carbons (Fsp3) is 0.316. The molecular formula is C19H19Cl2N5O2. The molecule has 28 heavy (non-hydrogen) atoms. The van der Waals surface area contributed by atoms with Crippen molar-refractivity contribution in [3.63, 3.8) is 0 Å². The van der Waals surface area contributed by atoms with Gasteiger partial charge < -0.3 is 9.64 Å². The Hall–Kier alpha value is -2.35. The third-order valence-electron chi connectivity index (χ3n) is 4.98. The normalized spacial score (nSPS) is 16.3. The maximum absolute atomic E-state index is 11.9. The lowest BCUT2D eigenvalue weighted by atomic mass is 10.2. The molecule has 1 saturated heterocycles. The monoisotopic (exact) mass is 419 g/mol. The number of benzene rings is 1. The van der Waals surface area contributed by atoms with Crippen LogP contribution in [0.2, 0.25) is 10.2 Å². The Bertz CT molecular complexity index is 1000. The van der Waals surface area contributed by atoms with Crippen molar-refractivity contribution < 1.29 is 9.53 Å². The number of hydrogen-bond acceptors (Lipinski definition) is 6. The molecule has 7 nitrogen and oxygen atoms in total. The Labute approximate surface area is 172 Å². The van der Waals surface area contributed by atoms with Crippen LogP contribution in [-0.2, 0) is 4.79 Å². The molecule has 146 valence electrons. The van der Waals surface area contributed by atoms with Gasteiger partial charge in [-0.2, -0.15) is 5.10 Å². The van der Waals surface area contributed by atoms with Gasteiger partial charge in [0.05, 0.1) is 17.5 Å². The Kier molecular flexibility index (Phi) is 5.39. The summed E-state index contributed by atoms with van der Waals surface area (Å²) in [5.41, 5.74) is 1.65. The molecule has 0 bridgehead atoms. The summed E-state index contributed by atoms with van der Waals surface area (Å²) in [7, 11) is 1.60. The van der Waals surface area contributed by atoms with Crippen molar-refractivity contribution in [2.75, 3.05) is 38.2 Å². The molecular weight excluding hydrogens is 401 g/mol. The third-order valence-corrected chi connectivity index (χ3v) is 5.57. The van der Waals surface area contributed by atoms with Crippen LogP contribution >= 0.6 is 23.2 Å². The highest BCUT2D eigenvalue weighted by Crippen LogP contribution is 2.31. The van der Waals surface area contributed by atoms with Crippen molar-refractivity contribution in [2.45, 2.75) is 6.17 Å². The first-order valence-corrected chi connectivity index (χ1v) is 9.64. The lowest BCUT2D eigenvalue weighted by Crippen LogP contribution is -2.49. The highest BCUT2D eigenvalue weighted by Gasteiger charge is 2.28. The number of methoxy groups -OCH3 is 1. The van der Waals surface area contributed by atoms with E-state index in [-0.39, 0.29) is 0 Å². The van der Waals surface area contributed by atoms with E-state index in [9.17, 15) is 4.79 Å². The molecule has 0 aliphatic carbocycles. The van der Waals surface area contributed by atoms with Crippen LogP contribution in [0.15, 0.2) is 36.5 Å². The highest BCUT2D eigenvalue weighted by molar-refractivity contribution is 6.34. The number of aldehydes is 1. The van der Waals surface area contributed by atoms with E-state index in [1.165, 1.54) is 0 Å². The minimum Gasteiger partial charge on any atom is -0.495 e. The molecule has 0 radical (unpaired) electrons. The van der Waals surface area contributed by atoms with E-state index < -0.39 is 6.17 Å². The number of anilines is 1. The van der Waals surface area contributed by atoms with Gasteiger partial charge >= 0.3 is 0 Å². The molecule has 0 N–H and O–H groups in total. The molecule has 3 heterocycles. The fourth-order valence-corrected chi connectivity index (χ4v) is 3.93. The number of carbonyl (C=O) groups is 1. The first-order chi connectivity index (χ1) is 13.6. The number of hydrogen-bond donors (Lipinski definition) is 0. The van der Waals surface area contributed by atoms with E-state index in [4.69, 9.17) is 27.9 Å². The third kappa shape index (κ3) is 3.41. The second-order valence-corrected chi connectivity index (χ2v) is 7.27. The van der Waals surface area contributed by atoms with Crippen molar-refractivity contribution in [3.8, 4) is 5.75 Å². The van der Waals surface area contributed by atoms with Crippen LogP contribution in [0.25, 0.3) is 11.0 Å². The van der Waals surface area contributed by atoms with Crippen LogP contribution in [-0.4, -0.2) is 59.2 Å². The van der Waals surface area contributed by atoms with E-state index >= 15 is 0 Å². The molecule has 1 unspecified atom stereocenters. The number of pyridine rings is 1. The first kappa shape index (κ1) is 19.0. The summed E-state index contributed by atoms with van der Waals surface area (Å²) in [6.45, 7) is 2.91. The van der Waals surface area contributed by atoms with Gasteiger partial charge in [-0.1, -0.05) is 23.2 Å². The summed E-state index contributed by atoms with van der Waals surface area (Å²) >= 11 is 12.3. The molecule has 0 amide bonds. The quantitative estimate of drug-likeness (QED) is 0.591. The van der Waals surface area contributed by atoms with E-state index in [0.29, 0.717) is 34.7 Å². The lowest BCUT2D eigenvalue weighted by Gasteiger charge is -2.38. The summed E-state index contributed by atoms with van der Waals surface area (Å²) in [4.78, 5) is 20.6. The number of piperazine rings is 1. The Morgan fingerprint density at radius 1 is 1.18 bits per heavy atom. The zero-order chi connectivity index (χ0) is 19.7. The van der Waals surface area contributed by atoms with E-state index in [1.54, 1.807) is 24.1 Å². The smallest absolute Gasteiger partial charge is 0.162 e. The molecule has 2 aromatic heterocycles. The SMILES string of the molecule is COc1cc(N2CCN(C(C=O)n3nc(Cl)c4cccnc43)CC2)ccc1Cl. The minimum absolute atomic E-state index is 0.349. The molecule has 1 atom stereocenters. The van der Waals surface area contributed by atoms with E-state index in [0.717, 1.165) is 30.4 Å². The van der Waals surface area contributed by atoms with Crippen LogP contribution in [0.4, 0.5) is 5.69 Å². The van der Waals surface area contributed by atoms with Gasteiger partial charge in [-0.25, -0.2) is 9.67 Å². The minimum atomic E-state index is -0.549. The fourth-order valence-electron chi connectivity index (χ4n) is 3.51. The van der Waals surface area contributed by atoms with E-state index in [1.807, 2.05) is 24.3 Å². The zero-order valence-corrected chi connectivity index (χ0v) is 16.8. The van der Waals surface area contributed by atoms with Crippen molar-refractivity contribution in [3.05, 3.63) is 46.7 Å². The Morgan fingerprint density at radius 2 is 1.96 bits per heavy atom. The summed E-state index contributed by atoms with van der Waals surface area (Å²) in [6.07, 6.45) is 2.01. The van der Waals surface area contributed by atoms with Crippen LogP contribution in [0.5, 0.6) is 5.75 Å². The Balaban J connectivity index is 1.53. The number of aromatic nitrogens is 3. The molecule has 4 rings (SSSR count). The molecule has 3 aromatic rings. The van der Waals surface area contributed by atoms with Gasteiger partial charge in [0.25, 0.3) is 0 Å². The maximum atomic E-state index is 11.9. The number of fused-ring (bicyclic) bond motifs is 1. The van der Waals surface area contributed by atoms with Gasteiger partial charge in [0.1, 0.15) is 5.75 Å². The maximum Gasteiger partial charge on any atom is 0.162 e. The van der Waals surface area contributed by atoms with Gasteiger partial charge in [-0.05, 0) is 24.3 Å². The molecule has 1 aliphatic rings. The average Bonchev–Trinajstić information content (AvgIpc) is 3.06. The molecule has 0 saturated carbocycles. The summed E-state index contributed by atoms with van der Waals surface area (Å²) in [5, 5.41) is 6.02. The van der Waals surface area contributed by atoms with Crippen LogP contribution in [0.1, 0.15) is 6.17 Å². The second-order valence-electron chi connectivity index (χ2n) is 6.50. The lowest BCUT2D eigenvalue weighted by molar-refractivity contribution is -0.115. The largest absolute Gasteiger partial charge is 0.495 e. The molecule has 1 aromatic carbocycles. The van der Waals surface area contributed by atoms with Crippen molar-refractivity contribution in [2.24, 2.45) is 0 Å². The number of carbonyl (C=O) groups excluding carboxylic acids is 1. The van der Waals surface area contributed by atoms with Crippen LogP contribution in [0.3, 0.4) is 0 Å². The Morgan fingerprint density at radius 3 is 2.68 bits per heavy atom. The summed E-state index contributed by atoms with van der Waals surface area (Å²) in [6, 6.07) is 9.39. The van der Waals surface area contributed by atoms with Gasteiger partial charge in [0, 0.05) is 44.1 Å². The molecule has 1 aliphatic heterocycles.